The molecule has 0 atom stereocenters. The lowest BCUT2D eigenvalue weighted by molar-refractivity contribution is -0.121. The third-order valence-corrected chi connectivity index (χ3v) is 5.34. The van der Waals surface area contributed by atoms with Crippen molar-refractivity contribution in [3.63, 3.8) is 0 Å². The standard InChI is InChI=1S/C23H30N2O/c26-23(12-11-20-7-3-1-4-8-20)24-19-22-14-17-25(18-15-22)16-13-21-9-5-2-6-10-21/h1-10,22H,11-19H2,(H,24,26). The fraction of sp³-hybridized carbons (Fsp3) is 0.435. The zero-order valence-electron chi connectivity index (χ0n) is 15.6. The fourth-order valence-corrected chi connectivity index (χ4v) is 3.60. The summed E-state index contributed by atoms with van der Waals surface area (Å²) in [6, 6.07) is 20.9. The number of aryl methyl sites for hydroxylation is 1. The Morgan fingerprint density at radius 1 is 0.885 bits per heavy atom. The van der Waals surface area contributed by atoms with Gasteiger partial charge in [0.15, 0.2) is 0 Å². The van der Waals surface area contributed by atoms with Gasteiger partial charge in [-0.1, -0.05) is 60.7 Å². The molecule has 26 heavy (non-hydrogen) atoms. The normalized spacial score (nSPS) is 15.7. The summed E-state index contributed by atoms with van der Waals surface area (Å²) in [7, 11) is 0. The summed E-state index contributed by atoms with van der Waals surface area (Å²) in [4.78, 5) is 14.6. The molecule has 3 heteroatoms. The van der Waals surface area contributed by atoms with Crippen LogP contribution >= 0.6 is 0 Å². The maximum absolute atomic E-state index is 12.1. The highest BCUT2D eigenvalue weighted by atomic mass is 16.1. The molecule has 0 aromatic heterocycles. The largest absolute Gasteiger partial charge is 0.356 e. The molecule has 1 amide bonds. The van der Waals surface area contributed by atoms with Crippen LogP contribution in [0, 0.1) is 5.92 Å². The van der Waals surface area contributed by atoms with Gasteiger partial charge in [-0.2, -0.15) is 0 Å². The van der Waals surface area contributed by atoms with Gasteiger partial charge in [0.1, 0.15) is 0 Å². The SMILES string of the molecule is O=C(CCc1ccccc1)NCC1CCN(CCc2ccccc2)CC1. The lowest BCUT2D eigenvalue weighted by Gasteiger charge is -2.32. The Morgan fingerprint density at radius 2 is 1.46 bits per heavy atom. The van der Waals surface area contributed by atoms with Crippen molar-refractivity contribution in [3.8, 4) is 0 Å². The summed E-state index contributed by atoms with van der Waals surface area (Å²) >= 11 is 0. The fourth-order valence-electron chi connectivity index (χ4n) is 3.60. The molecule has 138 valence electrons. The molecule has 0 radical (unpaired) electrons. The van der Waals surface area contributed by atoms with Crippen molar-refractivity contribution in [1.29, 1.82) is 0 Å². The van der Waals surface area contributed by atoms with Crippen molar-refractivity contribution in [1.82, 2.24) is 10.2 Å². The van der Waals surface area contributed by atoms with Crippen molar-refractivity contribution >= 4 is 5.91 Å². The maximum Gasteiger partial charge on any atom is 0.220 e. The van der Waals surface area contributed by atoms with E-state index in [1.54, 1.807) is 0 Å². The summed E-state index contributed by atoms with van der Waals surface area (Å²) in [5.41, 5.74) is 2.65. The van der Waals surface area contributed by atoms with Crippen LogP contribution in [0.4, 0.5) is 0 Å². The summed E-state index contributed by atoms with van der Waals surface area (Å²) in [6.07, 6.45) is 4.91. The molecule has 1 saturated heterocycles. The molecule has 3 nitrogen and oxygen atoms in total. The van der Waals surface area contributed by atoms with E-state index in [2.05, 4.69) is 52.7 Å². The van der Waals surface area contributed by atoms with Gasteiger partial charge in [0, 0.05) is 19.5 Å². The van der Waals surface area contributed by atoms with Crippen LogP contribution in [0.2, 0.25) is 0 Å². The van der Waals surface area contributed by atoms with Gasteiger partial charge in [0.25, 0.3) is 0 Å². The van der Waals surface area contributed by atoms with Crippen LogP contribution < -0.4 is 5.32 Å². The van der Waals surface area contributed by atoms with E-state index in [-0.39, 0.29) is 5.91 Å². The number of hydrogen-bond donors (Lipinski definition) is 1. The van der Waals surface area contributed by atoms with E-state index in [0.29, 0.717) is 12.3 Å². The summed E-state index contributed by atoms with van der Waals surface area (Å²) in [5, 5.41) is 3.14. The number of hydrogen-bond acceptors (Lipinski definition) is 2. The van der Waals surface area contributed by atoms with E-state index in [4.69, 9.17) is 0 Å². The first-order valence-corrected chi connectivity index (χ1v) is 9.86. The van der Waals surface area contributed by atoms with Crippen LogP contribution in [-0.4, -0.2) is 37.0 Å². The third kappa shape index (κ3) is 6.30. The van der Waals surface area contributed by atoms with Crippen LogP contribution in [0.15, 0.2) is 60.7 Å². The molecular weight excluding hydrogens is 320 g/mol. The Bertz CT molecular complexity index is 648. The predicted molar refractivity (Wildman–Crippen MR) is 107 cm³/mol. The maximum atomic E-state index is 12.1. The van der Waals surface area contributed by atoms with Gasteiger partial charge in [-0.05, 0) is 55.8 Å². The van der Waals surface area contributed by atoms with Crippen molar-refractivity contribution in [3.05, 3.63) is 71.8 Å². The Morgan fingerprint density at radius 3 is 2.08 bits per heavy atom. The third-order valence-electron chi connectivity index (χ3n) is 5.34. The number of piperidine rings is 1. The van der Waals surface area contributed by atoms with Crippen LogP contribution in [0.3, 0.4) is 0 Å². The highest BCUT2D eigenvalue weighted by molar-refractivity contribution is 5.76. The number of nitrogens with zero attached hydrogens (tertiary/aromatic N) is 1. The number of amides is 1. The quantitative estimate of drug-likeness (QED) is 0.787. The molecule has 3 rings (SSSR count). The summed E-state index contributed by atoms with van der Waals surface area (Å²) in [5.74, 6) is 0.809. The van der Waals surface area contributed by atoms with E-state index in [1.165, 1.54) is 24.0 Å². The minimum Gasteiger partial charge on any atom is -0.356 e. The predicted octanol–water partition coefficient (Wildman–Crippen LogP) is 3.69. The topological polar surface area (TPSA) is 32.3 Å². The Hall–Kier alpha value is -2.13. The zero-order chi connectivity index (χ0) is 18.0. The number of likely N-dealkylation sites (tertiary alicyclic amines) is 1. The van der Waals surface area contributed by atoms with E-state index < -0.39 is 0 Å². The molecule has 1 aliphatic rings. The van der Waals surface area contributed by atoms with Gasteiger partial charge in [0.2, 0.25) is 5.91 Å². The molecule has 0 bridgehead atoms. The van der Waals surface area contributed by atoms with Crippen LogP contribution in [0.25, 0.3) is 0 Å². The van der Waals surface area contributed by atoms with Gasteiger partial charge in [-0.25, -0.2) is 0 Å². The summed E-state index contributed by atoms with van der Waals surface area (Å²) in [6.45, 7) is 4.27. The second kappa shape index (κ2) is 10.1. The van der Waals surface area contributed by atoms with Crippen molar-refractivity contribution in [2.75, 3.05) is 26.2 Å². The molecule has 2 aromatic carbocycles. The second-order valence-corrected chi connectivity index (χ2v) is 7.31. The van der Waals surface area contributed by atoms with Gasteiger partial charge >= 0.3 is 0 Å². The van der Waals surface area contributed by atoms with Gasteiger partial charge < -0.3 is 10.2 Å². The average molecular weight is 351 g/mol. The minimum absolute atomic E-state index is 0.181. The Labute approximate surface area is 157 Å². The van der Waals surface area contributed by atoms with Crippen LogP contribution in [-0.2, 0) is 17.6 Å². The summed E-state index contributed by atoms with van der Waals surface area (Å²) < 4.78 is 0. The Balaban J connectivity index is 1.28. The smallest absolute Gasteiger partial charge is 0.220 e. The number of carbonyl (C=O) groups excluding carboxylic acids is 1. The van der Waals surface area contributed by atoms with Gasteiger partial charge in [-0.3, -0.25) is 4.79 Å². The highest BCUT2D eigenvalue weighted by Gasteiger charge is 2.19. The molecule has 1 aliphatic heterocycles. The van der Waals surface area contributed by atoms with Gasteiger partial charge in [-0.15, -0.1) is 0 Å². The van der Waals surface area contributed by atoms with E-state index in [1.807, 2.05) is 18.2 Å². The molecule has 0 aliphatic carbocycles. The number of carbonyl (C=O) groups is 1. The highest BCUT2D eigenvalue weighted by Crippen LogP contribution is 2.17. The lowest BCUT2D eigenvalue weighted by Crippen LogP contribution is -2.39. The minimum atomic E-state index is 0.181. The number of rotatable bonds is 8. The molecular formula is C23H30N2O. The van der Waals surface area contributed by atoms with Crippen LogP contribution in [0.5, 0.6) is 0 Å². The van der Waals surface area contributed by atoms with E-state index in [0.717, 1.165) is 39.0 Å². The van der Waals surface area contributed by atoms with Crippen LogP contribution in [0.1, 0.15) is 30.4 Å². The van der Waals surface area contributed by atoms with E-state index in [9.17, 15) is 4.79 Å². The number of nitrogens with one attached hydrogen (secondary N) is 1. The van der Waals surface area contributed by atoms with E-state index >= 15 is 0 Å². The molecule has 0 unspecified atom stereocenters. The molecule has 1 fully saturated rings. The lowest BCUT2D eigenvalue weighted by atomic mass is 9.96. The first-order chi connectivity index (χ1) is 12.8. The first kappa shape index (κ1) is 18.7. The number of benzene rings is 2. The Kier molecular flexibility index (Phi) is 7.26. The molecule has 0 saturated carbocycles. The molecule has 0 spiro atoms. The molecule has 2 aromatic rings. The molecule has 1 heterocycles. The zero-order valence-corrected chi connectivity index (χ0v) is 15.6. The monoisotopic (exact) mass is 350 g/mol. The van der Waals surface area contributed by atoms with Gasteiger partial charge in [0.05, 0.1) is 0 Å². The molecule has 1 N–H and O–H groups in total. The second-order valence-electron chi connectivity index (χ2n) is 7.31. The van der Waals surface area contributed by atoms with Crippen molar-refractivity contribution < 1.29 is 4.79 Å². The van der Waals surface area contributed by atoms with Crippen molar-refractivity contribution in [2.45, 2.75) is 32.1 Å². The average Bonchev–Trinajstić information content (AvgIpc) is 2.71. The van der Waals surface area contributed by atoms with Crippen molar-refractivity contribution in [2.24, 2.45) is 5.92 Å². The first-order valence-electron chi connectivity index (χ1n) is 9.86.